The molecule has 0 aromatic heterocycles. The van der Waals surface area contributed by atoms with Crippen LogP contribution in [0.1, 0.15) is 60.2 Å². The van der Waals surface area contributed by atoms with Crippen molar-refractivity contribution < 1.29 is 23.9 Å². The summed E-state index contributed by atoms with van der Waals surface area (Å²) in [5.41, 5.74) is 4.41. The second-order valence-electron chi connectivity index (χ2n) is 8.29. The Labute approximate surface area is 188 Å². The van der Waals surface area contributed by atoms with Crippen LogP contribution < -0.4 is 0 Å². The Morgan fingerprint density at radius 3 is 2.19 bits per heavy atom. The minimum atomic E-state index is -0.415. The molecule has 0 radical (unpaired) electrons. The van der Waals surface area contributed by atoms with Crippen molar-refractivity contribution in [1.29, 1.82) is 0 Å². The van der Waals surface area contributed by atoms with Gasteiger partial charge >= 0.3 is 11.9 Å². The van der Waals surface area contributed by atoms with Crippen LogP contribution in [0, 0.1) is 6.92 Å². The Kier molecular flexibility index (Phi) is 7.13. The molecule has 0 fully saturated rings. The van der Waals surface area contributed by atoms with Crippen molar-refractivity contribution >= 4 is 17.8 Å². The number of nitrogens with zero attached hydrogens (tertiary/aromatic N) is 1. The fraction of sp³-hybridized carbons (Fsp3) is 0.346. The van der Waals surface area contributed by atoms with E-state index >= 15 is 0 Å². The molecule has 0 spiro atoms. The second-order valence-corrected chi connectivity index (χ2v) is 8.29. The van der Waals surface area contributed by atoms with Crippen molar-refractivity contribution in [3.8, 4) is 0 Å². The lowest BCUT2D eigenvalue weighted by Crippen LogP contribution is -2.38. The van der Waals surface area contributed by atoms with Crippen molar-refractivity contribution in [3.05, 3.63) is 82.1 Å². The molecule has 0 bridgehead atoms. The third-order valence-corrected chi connectivity index (χ3v) is 5.58. The first-order chi connectivity index (χ1) is 15.2. The largest absolute Gasteiger partial charge is 0.465 e. The summed E-state index contributed by atoms with van der Waals surface area (Å²) in [6.45, 7) is 7.70. The summed E-state index contributed by atoms with van der Waals surface area (Å²) < 4.78 is 10.3. The average Bonchev–Trinajstić information content (AvgIpc) is 2.76. The zero-order chi connectivity index (χ0) is 23.4. The van der Waals surface area contributed by atoms with Crippen LogP contribution in [0.4, 0.5) is 0 Å². The van der Waals surface area contributed by atoms with Gasteiger partial charge < -0.3 is 14.4 Å². The van der Waals surface area contributed by atoms with Crippen LogP contribution in [0.3, 0.4) is 0 Å². The van der Waals surface area contributed by atoms with Crippen molar-refractivity contribution in [2.75, 3.05) is 7.11 Å². The van der Waals surface area contributed by atoms with Gasteiger partial charge in [-0.1, -0.05) is 42.0 Å². The second kappa shape index (κ2) is 9.81. The number of carbonyl (C=O) groups excluding carboxylic acids is 3. The van der Waals surface area contributed by atoms with E-state index in [1.165, 1.54) is 7.11 Å². The molecule has 3 rings (SSSR count). The molecule has 1 heterocycles. The van der Waals surface area contributed by atoms with E-state index in [9.17, 15) is 14.4 Å². The molecule has 2 aromatic carbocycles. The van der Waals surface area contributed by atoms with Crippen molar-refractivity contribution in [2.45, 2.75) is 52.7 Å². The first kappa shape index (κ1) is 23.3. The van der Waals surface area contributed by atoms with Crippen LogP contribution in [0.15, 0.2) is 59.8 Å². The predicted molar refractivity (Wildman–Crippen MR) is 121 cm³/mol. The number of amides is 1. The molecule has 0 N–H and O–H groups in total. The van der Waals surface area contributed by atoms with Crippen LogP contribution >= 0.6 is 0 Å². The Morgan fingerprint density at radius 2 is 1.62 bits per heavy atom. The predicted octanol–water partition coefficient (Wildman–Crippen LogP) is 4.52. The molecule has 2 aromatic rings. The highest BCUT2D eigenvalue weighted by Gasteiger charge is 2.37. The number of methoxy groups -OCH3 is 1. The van der Waals surface area contributed by atoms with E-state index in [2.05, 4.69) is 0 Å². The Hall–Kier alpha value is -3.41. The minimum Gasteiger partial charge on any atom is -0.465 e. The first-order valence-corrected chi connectivity index (χ1v) is 10.7. The molecule has 1 aliphatic rings. The molecule has 1 unspecified atom stereocenters. The number of benzene rings is 2. The van der Waals surface area contributed by atoms with Gasteiger partial charge in [0.15, 0.2) is 0 Å². The molecule has 0 saturated carbocycles. The van der Waals surface area contributed by atoms with E-state index in [1.54, 1.807) is 36.1 Å². The smallest absolute Gasteiger partial charge is 0.337 e. The van der Waals surface area contributed by atoms with Gasteiger partial charge in [0.2, 0.25) is 5.91 Å². The van der Waals surface area contributed by atoms with Crippen LogP contribution in [0.25, 0.3) is 0 Å². The number of aryl methyl sites for hydroxylation is 1. The molecule has 0 saturated heterocycles. The van der Waals surface area contributed by atoms with E-state index < -0.39 is 11.9 Å². The molecule has 0 aliphatic carbocycles. The number of carbonyl (C=O) groups is 3. The van der Waals surface area contributed by atoms with Crippen LogP contribution in [-0.2, 0) is 25.6 Å². The average molecular weight is 436 g/mol. The van der Waals surface area contributed by atoms with E-state index in [0.717, 1.165) is 16.7 Å². The zero-order valence-electron chi connectivity index (χ0n) is 19.2. The number of esters is 2. The lowest BCUT2D eigenvalue weighted by Gasteiger charge is -2.35. The lowest BCUT2D eigenvalue weighted by atomic mass is 9.83. The van der Waals surface area contributed by atoms with Gasteiger partial charge in [0.25, 0.3) is 0 Å². The summed E-state index contributed by atoms with van der Waals surface area (Å²) in [6, 6.07) is 14.8. The molecular weight excluding hydrogens is 406 g/mol. The highest BCUT2D eigenvalue weighted by molar-refractivity contribution is 5.96. The van der Waals surface area contributed by atoms with Crippen molar-refractivity contribution in [3.63, 3.8) is 0 Å². The number of hydrogen-bond donors (Lipinski definition) is 0. The Bertz CT molecular complexity index is 1030. The first-order valence-electron chi connectivity index (χ1n) is 10.7. The summed E-state index contributed by atoms with van der Waals surface area (Å²) in [7, 11) is 1.33. The molecule has 1 aliphatic heterocycles. The monoisotopic (exact) mass is 435 g/mol. The maximum Gasteiger partial charge on any atom is 0.337 e. The highest BCUT2D eigenvalue weighted by atomic mass is 16.5. The maximum absolute atomic E-state index is 13.1. The Balaban J connectivity index is 1.97. The van der Waals surface area contributed by atoms with E-state index in [-0.39, 0.29) is 24.3 Å². The van der Waals surface area contributed by atoms with E-state index in [0.29, 0.717) is 23.4 Å². The maximum atomic E-state index is 13.1. The van der Waals surface area contributed by atoms with Gasteiger partial charge in [-0.2, -0.15) is 0 Å². The zero-order valence-corrected chi connectivity index (χ0v) is 19.2. The number of hydrogen-bond acceptors (Lipinski definition) is 5. The van der Waals surface area contributed by atoms with E-state index in [4.69, 9.17) is 9.47 Å². The minimum absolute atomic E-state index is 0.0637. The van der Waals surface area contributed by atoms with Gasteiger partial charge in [0, 0.05) is 18.0 Å². The standard InChI is InChI=1S/C26H29NO5/c1-16(2)32-26(30)24-18(4)27(15-19-8-12-21(13-9-19)25(29)31-5)23(28)14-22(24)20-10-6-17(3)7-11-20/h6-13,16,22H,14-15H2,1-5H3. The Morgan fingerprint density at radius 1 is 1.00 bits per heavy atom. The van der Waals surface area contributed by atoms with Crippen molar-refractivity contribution in [2.24, 2.45) is 0 Å². The number of allylic oxidation sites excluding steroid dienone is 1. The van der Waals surface area contributed by atoms with Gasteiger partial charge in [0.1, 0.15) is 0 Å². The lowest BCUT2D eigenvalue weighted by molar-refractivity contribution is -0.143. The van der Waals surface area contributed by atoms with Crippen molar-refractivity contribution in [1.82, 2.24) is 4.90 Å². The van der Waals surface area contributed by atoms with Gasteiger partial charge in [-0.25, -0.2) is 9.59 Å². The van der Waals surface area contributed by atoms with Crippen LogP contribution in [0.2, 0.25) is 0 Å². The van der Waals surface area contributed by atoms with Gasteiger partial charge in [-0.15, -0.1) is 0 Å². The molecule has 6 nitrogen and oxygen atoms in total. The molecule has 1 amide bonds. The van der Waals surface area contributed by atoms with E-state index in [1.807, 2.05) is 45.0 Å². The van der Waals surface area contributed by atoms with Crippen LogP contribution in [-0.4, -0.2) is 36.0 Å². The molecule has 6 heteroatoms. The topological polar surface area (TPSA) is 72.9 Å². The fourth-order valence-electron chi connectivity index (χ4n) is 3.88. The normalized spacial score (nSPS) is 16.4. The molecule has 168 valence electrons. The van der Waals surface area contributed by atoms with Gasteiger partial charge in [-0.3, -0.25) is 4.79 Å². The quantitative estimate of drug-likeness (QED) is 0.624. The number of ether oxygens (including phenoxy) is 2. The summed E-state index contributed by atoms with van der Waals surface area (Å²) >= 11 is 0. The number of rotatable bonds is 6. The summed E-state index contributed by atoms with van der Waals surface area (Å²) in [5, 5.41) is 0. The summed E-state index contributed by atoms with van der Waals surface area (Å²) in [4.78, 5) is 39.5. The SMILES string of the molecule is COC(=O)c1ccc(CN2C(=O)CC(c3ccc(C)cc3)C(C(=O)OC(C)C)=C2C)cc1. The summed E-state index contributed by atoms with van der Waals surface area (Å²) in [6.07, 6.45) is -0.0817. The van der Waals surface area contributed by atoms with Gasteiger partial charge in [-0.05, 0) is 51.0 Å². The molecular formula is C26H29NO5. The third kappa shape index (κ3) is 5.07. The summed E-state index contributed by atoms with van der Waals surface area (Å²) in [5.74, 6) is -1.23. The van der Waals surface area contributed by atoms with Gasteiger partial charge in [0.05, 0.1) is 30.9 Å². The molecule has 32 heavy (non-hydrogen) atoms. The molecule has 1 atom stereocenters. The highest BCUT2D eigenvalue weighted by Crippen LogP contribution is 2.38. The third-order valence-electron chi connectivity index (χ3n) is 5.58. The fourth-order valence-corrected chi connectivity index (χ4v) is 3.88. The van der Waals surface area contributed by atoms with Crippen LogP contribution in [0.5, 0.6) is 0 Å².